The minimum absolute atomic E-state index is 0.0911. The summed E-state index contributed by atoms with van der Waals surface area (Å²) < 4.78 is 24.3. The maximum Gasteiger partial charge on any atom is 0.296 e. The molecule has 6 heteroatoms. The third kappa shape index (κ3) is 4.27. The Morgan fingerprint density at radius 3 is 2.19 bits per heavy atom. The molecule has 0 unspecified atom stereocenters. The molecule has 0 atom stereocenters. The highest BCUT2D eigenvalue weighted by atomic mass is 32.2. The van der Waals surface area contributed by atoms with Crippen LogP contribution in [-0.2, 0) is 15.6 Å². The number of hydrogen-bond acceptors (Lipinski definition) is 3. The summed E-state index contributed by atoms with van der Waals surface area (Å²) in [5, 5.41) is 4.96. The van der Waals surface area contributed by atoms with Crippen molar-refractivity contribution in [1.29, 1.82) is 0 Å². The van der Waals surface area contributed by atoms with E-state index in [1.807, 2.05) is 12.1 Å². The molecule has 2 rings (SSSR count). The Balaban J connectivity index is 2.32. The van der Waals surface area contributed by atoms with Crippen molar-refractivity contribution in [1.82, 2.24) is 4.98 Å². The quantitative estimate of drug-likeness (QED) is 0.914. The van der Waals surface area contributed by atoms with Crippen LogP contribution in [0.1, 0.15) is 26.3 Å². The standard InChI is InChI=1S/C15H19N3O2S/c1-15(2,3)13-6-4-11(5-7-13)12-8-14(10-17-9-12)18-21(16,19)20/h4-10,18H,1-3H3,(H2,16,19,20). The lowest BCUT2D eigenvalue weighted by molar-refractivity contribution is 0.590. The number of nitrogens with two attached hydrogens (primary N) is 1. The van der Waals surface area contributed by atoms with Gasteiger partial charge in [-0.25, -0.2) is 5.14 Å². The molecule has 0 aliphatic rings. The lowest BCUT2D eigenvalue weighted by atomic mass is 9.86. The number of hydrogen-bond donors (Lipinski definition) is 2. The van der Waals surface area contributed by atoms with Gasteiger partial charge in [-0.15, -0.1) is 0 Å². The van der Waals surface area contributed by atoms with Gasteiger partial charge in [0, 0.05) is 11.8 Å². The Bertz CT molecular complexity index is 732. The van der Waals surface area contributed by atoms with Crippen molar-refractivity contribution in [3.63, 3.8) is 0 Å². The average molecular weight is 305 g/mol. The summed E-state index contributed by atoms with van der Waals surface area (Å²) in [6.07, 6.45) is 3.10. The van der Waals surface area contributed by atoms with Crippen LogP contribution in [-0.4, -0.2) is 13.4 Å². The highest BCUT2D eigenvalue weighted by Crippen LogP contribution is 2.26. The van der Waals surface area contributed by atoms with Crippen molar-refractivity contribution < 1.29 is 8.42 Å². The predicted molar refractivity (Wildman–Crippen MR) is 85.1 cm³/mol. The summed E-state index contributed by atoms with van der Waals surface area (Å²) in [7, 11) is -3.79. The zero-order chi connectivity index (χ0) is 15.7. The maximum absolute atomic E-state index is 11.0. The smallest absolute Gasteiger partial charge is 0.270 e. The summed E-state index contributed by atoms with van der Waals surface area (Å²) in [5.41, 5.74) is 3.46. The summed E-state index contributed by atoms with van der Waals surface area (Å²) in [5.74, 6) is 0. The first-order valence-corrected chi connectivity index (χ1v) is 8.06. The fraction of sp³-hybridized carbons (Fsp3) is 0.267. The molecule has 2 aromatic rings. The van der Waals surface area contributed by atoms with Gasteiger partial charge in [0.1, 0.15) is 0 Å². The molecule has 0 spiro atoms. The van der Waals surface area contributed by atoms with E-state index in [2.05, 4.69) is 42.6 Å². The van der Waals surface area contributed by atoms with E-state index in [0.29, 0.717) is 5.69 Å². The van der Waals surface area contributed by atoms with E-state index in [4.69, 9.17) is 5.14 Å². The molecule has 1 aromatic heterocycles. The van der Waals surface area contributed by atoms with Crippen LogP contribution in [0, 0.1) is 0 Å². The normalized spacial score (nSPS) is 12.2. The van der Waals surface area contributed by atoms with Crippen LogP contribution >= 0.6 is 0 Å². The Hall–Kier alpha value is -1.92. The van der Waals surface area contributed by atoms with Crippen molar-refractivity contribution in [2.75, 3.05) is 4.72 Å². The zero-order valence-corrected chi connectivity index (χ0v) is 13.1. The van der Waals surface area contributed by atoms with Gasteiger partial charge < -0.3 is 0 Å². The zero-order valence-electron chi connectivity index (χ0n) is 12.3. The van der Waals surface area contributed by atoms with Crippen molar-refractivity contribution in [2.24, 2.45) is 5.14 Å². The second kappa shape index (κ2) is 5.46. The molecule has 112 valence electrons. The Labute approximate surface area is 125 Å². The van der Waals surface area contributed by atoms with Gasteiger partial charge in [-0.3, -0.25) is 9.71 Å². The van der Waals surface area contributed by atoms with Crippen LogP contribution in [0.3, 0.4) is 0 Å². The molecule has 0 amide bonds. The van der Waals surface area contributed by atoms with Crippen LogP contribution in [0.5, 0.6) is 0 Å². The molecule has 0 saturated heterocycles. The largest absolute Gasteiger partial charge is 0.296 e. The van der Waals surface area contributed by atoms with Crippen LogP contribution in [0.25, 0.3) is 11.1 Å². The first-order valence-electron chi connectivity index (χ1n) is 6.52. The van der Waals surface area contributed by atoms with E-state index in [1.54, 1.807) is 12.3 Å². The molecule has 0 aliphatic carbocycles. The van der Waals surface area contributed by atoms with Gasteiger partial charge in [0.05, 0.1) is 11.9 Å². The number of rotatable bonds is 3. The van der Waals surface area contributed by atoms with Gasteiger partial charge >= 0.3 is 0 Å². The molecular formula is C15H19N3O2S. The monoisotopic (exact) mass is 305 g/mol. The van der Waals surface area contributed by atoms with Crippen molar-refractivity contribution in [2.45, 2.75) is 26.2 Å². The van der Waals surface area contributed by atoms with Crippen molar-refractivity contribution >= 4 is 15.9 Å². The summed E-state index contributed by atoms with van der Waals surface area (Å²) in [4.78, 5) is 4.03. The van der Waals surface area contributed by atoms with Gasteiger partial charge in [0.25, 0.3) is 10.2 Å². The lowest BCUT2D eigenvalue weighted by Crippen LogP contribution is -2.21. The highest BCUT2D eigenvalue weighted by molar-refractivity contribution is 7.90. The van der Waals surface area contributed by atoms with Crippen LogP contribution < -0.4 is 9.86 Å². The Kier molecular flexibility index (Phi) is 4.02. The van der Waals surface area contributed by atoms with E-state index in [9.17, 15) is 8.42 Å². The molecule has 0 radical (unpaired) electrons. The molecule has 3 N–H and O–H groups in total. The van der Waals surface area contributed by atoms with E-state index < -0.39 is 10.2 Å². The molecule has 1 heterocycles. The molecule has 0 fully saturated rings. The summed E-state index contributed by atoms with van der Waals surface area (Å²) in [6, 6.07) is 9.82. The van der Waals surface area contributed by atoms with Gasteiger partial charge in [-0.2, -0.15) is 8.42 Å². The molecule has 0 aliphatic heterocycles. The second-order valence-corrected chi connectivity index (χ2v) is 7.23. The maximum atomic E-state index is 11.0. The number of benzene rings is 1. The molecular weight excluding hydrogens is 286 g/mol. The third-order valence-electron chi connectivity index (χ3n) is 3.08. The fourth-order valence-corrected chi connectivity index (χ4v) is 2.42. The molecule has 5 nitrogen and oxygen atoms in total. The topological polar surface area (TPSA) is 85.1 Å². The Morgan fingerprint density at radius 1 is 1.05 bits per heavy atom. The molecule has 0 bridgehead atoms. The molecule has 1 aromatic carbocycles. The number of nitrogens with zero attached hydrogens (tertiary/aromatic N) is 1. The van der Waals surface area contributed by atoms with Crippen molar-refractivity contribution in [3.8, 4) is 11.1 Å². The highest BCUT2D eigenvalue weighted by Gasteiger charge is 2.13. The number of pyridine rings is 1. The van der Waals surface area contributed by atoms with Gasteiger partial charge in [0.2, 0.25) is 0 Å². The predicted octanol–water partition coefficient (Wildman–Crippen LogP) is 2.66. The first kappa shape index (κ1) is 15.5. The van der Waals surface area contributed by atoms with Crippen LogP contribution in [0.4, 0.5) is 5.69 Å². The number of aromatic nitrogens is 1. The summed E-state index contributed by atoms with van der Waals surface area (Å²) in [6.45, 7) is 6.46. The third-order valence-corrected chi connectivity index (χ3v) is 3.60. The first-order chi connectivity index (χ1) is 9.65. The fourth-order valence-electron chi connectivity index (χ4n) is 1.98. The van der Waals surface area contributed by atoms with Crippen molar-refractivity contribution in [3.05, 3.63) is 48.3 Å². The minimum atomic E-state index is -3.79. The van der Waals surface area contributed by atoms with Gasteiger partial charge in [0.15, 0.2) is 0 Å². The Morgan fingerprint density at radius 2 is 1.67 bits per heavy atom. The van der Waals surface area contributed by atoms with E-state index in [-0.39, 0.29) is 5.41 Å². The minimum Gasteiger partial charge on any atom is -0.270 e. The summed E-state index contributed by atoms with van der Waals surface area (Å²) >= 11 is 0. The SMILES string of the molecule is CC(C)(C)c1ccc(-c2cncc(NS(N)(=O)=O)c2)cc1. The van der Waals surface area contributed by atoms with E-state index >= 15 is 0 Å². The van der Waals surface area contributed by atoms with Gasteiger partial charge in [-0.1, -0.05) is 45.0 Å². The number of anilines is 1. The van der Waals surface area contributed by atoms with E-state index in [1.165, 1.54) is 11.8 Å². The molecule has 21 heavy (non-hydrogen) atoms. The van der Waals surface area contributed by atoms with Gasteiger partial charge in [-0.05, 0) is 22.6 Å². The number of nitrogens with one attached hydrogen (secondary N) is 1. The van der Waals surface area contributed by atoms with Crippen LogP contribution in [0.2, 0.25) is 0 Å². The van der Waals surface area contributed by atoms with Crippen LogP contribution in [0.15, 0.2) is 42.7 Å². The van der Waals surface area contributed by atoms with E-state index in [0.717, 1.165) is 11.1 Å². The second-order valence-electron chi connectivity index (χ2n) is 5.94. The molecule has 0 saturated carbocycles. The average Bonchev–Trinajstić information content (AvgIpc) is 2.36. The lowest BCUT2D eigenvalue weighted by Gasteiger charge is -2.19.